The average molecular weight is 346 g/mol. The highest BCUT2D eigenvalue weighted by molar-refractivity contribution is 7.88. The number of hydrogen-bond donors (Lipinski definition) is 1. The number of hydrogen-bond acceptors (Lipinski definition) is 4. The van der Waals surface area contributed by atoms with Gasteiger partial charge in [-0.3, -0.25) is 4.79 Å². The Morgan fingerprint density at radius 3 is 2.52 bits per heavy atom. The number of carbonyl (C=O) groups is 1. The lowest BCUT2D eigenvalue weighted by atomic mass is 10.2. The number of rotatable bonds is 5. The Kier molecular flexibility index (Phi) is 5.46. The van der Waals surface area contributed by atoms with Crippen LogP contribution in [0.25, 0.3) is 0 Å². The van der Waals surface area contributed by atoms with Crippen LogP contribution < -0.4 is 9.50 Å². The summed E-state index contributed by atoms with van der Waals surface area (Å²) in [5, 5.41) is 2.34. The van der Waals surface area contributed by atoms with Gasteiger partial charge in [0.25, 0.3) is 0 Å². The number of carbonyl (C=O) groups excluding carboxylic acids is 1. The molecule has 118 valence electrons. The molecule has 1 rings (SSSR count). The molecule has 10 heteroatoms. The van der Waals surface area contributed by atoms with Crippen molar-refractivity contribution >= 4 is 33.3 Å². The SMILES string of the molecule is CCCC(=O)Nc1cc(Cl)ccc1OS(=O)(=O)C(F)(F)F. The Morgan fingerprint density at radius 2 is 2.00 bits per heavy atom. The molecule has 0 saturated carbocycles. The Balaban J connectivity index is 3.11. The van der Waals surface area contributed by atoms with Crippen molar-refractivity contribution in [2.24, 2.45) is 0 Å². The Bertz CT molecular complexity index is 631. The fraction of sp³-hybridized carbons (Fsp3) is 0.364. The zero-order valence-electron chi connectivity index (χ0n) is 10.7. The summed E-state index contributed by atoms with van der Waals surface area (Å²) in [6.45, 7) is 1.73. The van der Waals surface area contributed by atoms with Crippen LogP contribution >= 0.6 is 11.6 Å². The molecule has 0 heterocycles. The van der Waals surface area contributed by atoms with Crippen molar-refractivity contribution in [2.45, 2.75) is 25.3 Å². The quantitative estimate of drug-likeness (QED) is 0.656. The van der Waals surface area contributed by atoms with Gasteiger partial charge in [0.15, 0.2) is 5.75 Å². The zero-order valence-corrected chi connectivity index (χ0v) is 12.3. The molecule has 5 nitrogen and oxygen atoms in total. The molecular formula is C11H11ClF3NO4S. The maximum atomic E-state index is 12.3. The number of halogens is 4. The molecule has 0 radical (unpaired) electrons. The number of anilines is 1. The van der Waals surface area contributed by atoms with E-state index in [1.165, 1.54) is 0 Å². The topological polar surface area (TPSA) is 72.5 Å². The lowest BCUT2D eigenvalue weighted by molar-refractivity contribution is -0.116. The van der Waals surface area contributed by atoms with Gasteiger partial charge in [-0.2, -0.15) is 21.6 Å². The fourth-order valence-electron chi connectivity index (χ4n) is 1.28. The van der Waals surface area contributed by atoms with Crippen LogP contribution in [0.4, 0.5) is 18.9 Å². The fourth-order valence-corrected chi connectivity index (χ4v) is 1.93. The average Bonchev–Trinajstić information content (AvgIpc) is 2.31. The molecule has 0 unspecified atom stereocenters. The molecule has 0 aromatic heterocycles. The first-order chi connectivity index (χ1) is 9.56. The molecule has 1 aromatic carbocycles. The summed E-state index contributed by atoms with van der Waals surface area (Å²) >= 11 is 5.66. The third-order valence-corrected chi connectivity index (χ3v) is 3.38. The summed E-state index contributed by atoms with van der Waals surface area (Å²) in [6, 6.07) is 3.15. The van der Waals surface area contributed by atoms with Crippen molar-refractivity contribution in [1.29, 1.82) is 0 Å². The minimum absolute atomic E-state index is 0.0959. The maximum Gasteiger partial charge on any atom is 0.534 e. The Morgan fingerprint density at radius 1 is 1.38 bits per heavy atom. The van der Waals surface area contributed by atoms with E-state index in [9.17, 15) is 26.4 Å². The first kappa shape index (κ1) is 17.6. The second-order valence-electron chi connectivity index (χ2n) is 3.92. The zero-order chi connectivity index (χ0) is 16.3. The molecule has 0 aliphatic rings. The Labute approximate surface area is 124 Å². The van der Waals surface area contributed by atoms with Crippen molar-refractivity contribution in [1.82, 2.24) is 0 Å². The van der Waals surface area contributed by atoms with Gasteiger partial charge in [-0.15, -0.1) is 0 Å². The highest BCUT2D eigenvalue weighted by Crippen LogP contribution is 2.33. The normalized spacial score (nSPS) is 12.0. The van der Waals surface area contributed by atoms with E-state index in [0.29, 0.717) is 6.42 Å². The molecule has 0 aliphatic heterocycles. The van der Waals surface area contributed by atoms with Gasteiger partial charge >= 0.3 is 15.6 Å². The first-order valence-electron chi connectivity index (χ1n) is 5.67. The lowest BCUT2D eigenvalue weighted by Gasteiger charge is -2.13. The van der Waals surface area contributed by atoms with Crippen molar-refractivity contribution in [3.63, 3.8) is 0 Å². The van der Waals surface area contributed by atoms with E-state index >= 15 is 0 Å². The molecule has 1 amide bonds. The first-order valence-corrected chi connectivity index (χ1v) is 7.45. The molecule has 1 aromatic rings. The number of benzene rings is 1. The van der Waals surface area contributed by atoms with Crippen LogP contribution in [0.1, 0.15) is 19.8 Å². The Hall–Kier alpha value is -1.48. The summed E-state index contributed by atoms with van der Waals surface area (Å²) < 4.78 is 62.8. The van der Waals surface area contributed by atoms with E-state index in [0.717, 1.165) is 18.2 Å². The van der Waals surface area contributed by atoms with Gasteiger partial charge in [0.05, 0.1) is 5.69 Å². The van der Waals surface area contributed by atoms with Gasteiger partial charge in [0, 0.05) is 11.4 Å². The standard InChI is InChI=1S/C11H11ClF3NO4S/c1-2-3-10(17)16-8-6-7(12)4-5-9(8)20-21(18,19)11(13,14)15/h4-6H,2-3H2,1H3,(H,16,17). The van der Waals surface area contributed by atoms with Crippen LogP contribution in [0, 0.1) is 0 Å². The summed E-state index contributed by atoms with van der Waals surface area (Å²) in [6.07, 6.45) is 0.613. The van der Waals surface area contributed by atoms with Crippen LogP contribution in [0.3, 0.4) is 0 Å². The third-order valence-electron chi connectivity index (χ3n) is 2.18. The predicted molar refractivity (Wildman–Crippen MR) is 70.6 cm³/mol. The van der Waals surface area contributed by atoms with Crippen LogP contribution in [0.5, 0.6) is 5.75 Å². The summed E-state index contributed by atoms with van der Waals surface area (Å²) in [4.78, 5) is 11.5. The summed E-state index contributed by atoms with van der Waals surface area (Å²) in [5.74, 6) is -1.17. The van der Waals surface area contributed by atoms with Crippen molar-refractivity contribution in [2.75, 3.05) is 5.32 Å². The molecule has 0 spiro atoms. The van der Waals surface area contributed by atoms with Crippen molar-refractivity contribution in [3.8, 4) is 5.75 Å². The second kappa shape index (κ2) is 6.52. The largest absolute Gasteiger partial charge is 0.534 e. The van der Waals surface area contributed by atoms with E-state index in [1.54, 1.807) is 6.92 Å². The highest BCUT2D eigenvalue weighted by atomic mass is 35.5. The van der Waals surface area contributed by atoms with Gasteiger partial charge in [-0.25, -0.2) is 0 Å². The van der Waals surface area contributed by atoms with Gasteiger partial charge in [0.2, 0.25) is 5.91 Å². The predicted octanol–water partition coefficient (Wildman–Crippen LogP) is 3.31. The lowest BCUT2D eigenvalue weighted by Crippen LogP contribution is -2.28. The molecule has 1 N–H and O–H groups in total. The molecule has 0 bridgehead atoms. The maximum absolute atomic E-state index is 12.3. The van der Waals surface area contributed by atoms with Crippen LogP contribution in [-0.4, -0.2) is 19.8 Å². The van der Waals surface area contributed by atoms with Crippen LogP contribution in [0.2, 0.25) is 5.02 Å². The monoisotopic (exact) mass is 345 g/mol. The van der Waals surface area contributed by atoms with Gasteiger partial charge in [0.1, 0.15) is 0 Å². The van der Waals surface area contributed by atoms with E-state index in [1.807, 2.05) is 0 Å². The smallest absolute Gasteiger partial charge is 0.374 e. The van der Waals surface area contributed by atoms with E-state index in [-0.39, 0.29) is 17.1 Å². The van der Waals surface area contributed by atoms with E-state index in [2.05, 4.69) is 9.50 Å². The second-order valence-corrected chi connectivity index (χ2v) is 5.90. The molecule has 0 fully saturated rings. The van der Waals surface area contributed by atoms with Crippen LogP contribution in [-0.2, 0) is 14.9 Å². The molecule has 21 heavy (non-hydrogen) atoms. The van der Waals surface area contributed by atoms with Crippen molar-refractivity contribution < 1.29 is 30.6 Å². The van der Waals surface area contributed by atoms with Gasteiger partial charge < -0.3 is 9.50 Å². The minimum Gasteiger partial charge on any atom is -0.374 e. The molecule has 0 saturated heterocycles. The van der Waals surface area contributed by atoms with E-state index in [4.69, 9.17) is 11.6 Å². The summed E-state index contributed by atoms with van der Waals surface area (Å²) in [5.41, 5.74) is -5.83. The molecule has 0 atom stereocenters. The van der Waals surface area contributed by atoms with Gasteiger partial charge in [-0.05, 0) is 24.6 Å². The van der Waals surface area contributed by atoms with Gasteiger partial charge in [-0.1, -0.05) is 18.5 Å². The van der Waals surface area contributed by atoms with Crippen LogP contribution in [0.15, 0.2) is 18.2 Å². The number of nitrogens with one attached hydrogen (secondary N) is 1. The molecular weight excluding hydrogens is 335 g/mol. The van der Waals surface area contributed by atoms with Crippen molar-refractivity contribution in [3.05, 3.63) is 23.2 Å². The van der Waals surface area contributed by atoms with E-state index < -0.39 is 27.3 Å². The third kappa shape index (κ3) is 4.78. The number of amides is 1. The highest BCUT2D eigenvalue weighted by Gasteiger charge is 2.48. The molecule has 0 aliphatic carbocycles. The summed E-state index contributed by atoms with van der Waals surface area (Å²) in [7, 11) is -5.83. The minimum atomic E-state index is -5.83. The number of alkyl halides is 3.